The Balaban J connectivity index is 2.64. The van der Waals surface area contributed by atoms with Crippen LogP contribution < -0.4 is 0 Å². The normalized spacial score (nSPS) is 29.0. The van der Waals surface area contributed by atoms with Crippen LogP contribution in [0.25, 0.3) is 0 Å². The predicted octanol–water partition coefficient (Wildman–Crippen LogP) is 3.14. The summed E-state index contributed by atoms with van der Waals surface area (Å²) in [5, 5.41) is 9.39. The van der Waals surface area contributed by atoms with Gasteiger partial charge in [0.1, 0.15) is 5.54 Å². The Hall–Kier alpha value is -0.570. The van der Waals surface area contributed by atoms with Crippen LogP contribution in [0.4, 0.5) is 0 Å². The third-order valence-corrected chi connectivity index (χ3v) is 4.87. The average Bonchev–Trinajstić information content (AvgIpc) is 2.36. The van der Waals surface area contributed by atoms with E-state index in [1.165, 1.54) is 19.3 Å². The second-order valence-electron chi connectivity index (χ2n) is 5.63. The van der Waals surface area contributed by atoms with Crippen LogP contribution in [0.1, 0.15) is 59.3 Å². The molecule has 0 aromatic heterocycles. The van der Waals surface area contributed by atoms with Crippen LogP contribution in [0.15, 0.2) is 0 Å². The van der Waals surface area contributed by atoms with E-state index in [4.69, 9.17) is 0 Å². The molecule has 0 heterocycles. The van der Waals surface area contributed by atoms with Crippen LogP contribution in [-0.4, -0.2) is 34.6 Å². The molecule has 1 aliphatic carbocycles. The zero-order valence-corrected chi connectivity index (χ0v) is 11.7. The minimum Gasteiger partial charge on any atom is -0.480 e. The molecule has 1 N–H and O–H groups in total. The standard InChI is InChI=1S/C14H27NO2/c1-5-11-7-9-12(10-8-11)15(4)14(3,6-2)13(16)17/h11-12H,5-10H2,1-4H3,(H,16,17). The first-order valence-electron chi connectivity index (χ1n) is 6.92. The smallest absolute Gasteiger partial charge is 0.323 e. The second-order valence-corrected chi connectivity index (χ2v) is 5.63. The lowest BCUT2D eigenvalue weighted by atomic mass is 9.82. The first kappa shape index (κ1) is 14.5. The van der Waals surface area contributed by atoms with Crippen molar-refractivity contribution in [1.82, 2.24) is 4.90 Å². The maximum Gasteiger partial charge on any atom is 0.323 e. The molecular formula is C14H27NO2. The molecule has 0 saturated heterocycles. The van der Waals surface area contributed by atoms with E-state index in [2.05, 4.69) is 11.8 Å². The van der Waals surface area contributed by atoms with Gasteiger partial charge in [-0.15, -0.1) is 0 Å². The molecule has 1 unspecified atom stereocenters. The van der Waals surface area contributed by atoms with E-state index in [0.29, 0.717) is 12.5 Å². The number of hydrogen-bond acceptors (Lipinski definition) is 2. The highest BCUT2D eigenvalue weighted by Gasteiger charge is 2.39. The van der Waals surface area contributed by atoms with Crippen molar-refractivity contribution >= 4 is 5.97 Å². The minimum absolute atomic E-state index is 0.443. The van der Waals surface area contributed by atoms with Crippen LogP contribution in [0.3, 0.4) is 0 Å². The van der Waals surface area contributed by atoms with E-state index in [9.17, 15) is 9.90 Å². The number of nitrogens with zero attached hydrogens (tertiary/aromatic N) is 1. The van der Waals surface area contributed by atoms with E-state index >= 15 is 0 Å². The van der Waals surface area contributed by atoms with Gasteiger partial charge in [0.15, 0.2) is 0 Å². The number of carboxylic acids is 1. The van der Waals surface area contributed by atoms with Crippen molar-refractivity contribution in [1.29, 1.82) is 0 Å². The van der Waals surface area contributed by atoms with E-state index in [0.717, 1.165) is 18.8 Å². The van der Waals surface area contributed by atoms with Gasteiger partial charge in [-0.1, -0.05) is 20.3 Å². The van der Waals surface area contributed by atoms with Crippen molar-refractivity contribution in [2.75, 3.05) is 7.05 Å². The van der Waals surface area contributed by atoms with Gasteiger partial charge in [0.25, 0.3) is 0 Å². The fourth-order valence-corrected chi connectivity index (χ4v) is 2.89. The fraction of sp³-hybridized carbons (Fsp3) is 0.929. The van der Waals surface area contributed by atoms with Crippen LogP contribution >= 0.6 is 0 Å². The first-order valence-corrected chi connectivity index (χ1v) is 6.92. The van der Waals surface area contributed by atoms with Gasteiger partial charge in [0.2, 0.25) is 0 Å². The molecule has 17 heavy (non-hydrogen) atoms. The molecule has 0 amide bonds. The molecule has 0 bridgehead atoms. The third kappa shape index (κ3) is 3.01. The van der Waals surface area contributed by atoms with Crippen molar-refractivity contribution in [3.63, 3.8) is 0 Å². The first-order chi connectivity index (χ1) is 7.95. The number of likely N-dealkylation sites (N-methyl/N-ethyl adjacent to an activating group) is 1. The zero-order valence-electron chi connectivity index (χ0n) is 11.7. The molecular weight excluding hydrogens is 214 g/mol. The van der Waals surface area contributed by atoms with Gasteiger partial charge in [-0.25, -0.2) is 0 Å². The Kier molecular flexibility index (Phi) is 4.99. The van der Waals surface area contributed by atoms with Crippen molar-refractivity contribution in [2.45, 2.75) is 70.9 Å². The Morgan fingerprint density at radius 1 is 1.29 bits per heavy atom. The minimum atomic E-state index is -0.705. The monoisotopic (exact) mass is 241 g/mol. The molecule has 1 atom stereocenters. The molecule has 3 heteroatoms. The van der Waals surface area contributed by atoms with Crippen molar-refractivity contribution in [3.05, 3.63) is 0 Å². The summed E-state index contributed by atoms with van der Waals surface area (Å²) >= 11 is 0. The summed E-state index contributed by atoms with van der Waals surface area (Å²) < 4.78 is 0. The Bertz CT molecular complexity index is 259. The highest BCUT2D eigenvalue weighted by Crippen LogP contribution is 2.32. The lowest BCUT2D eigenvalue weighted by Gasteiger charge is -2.42. The molecule has 1 saturated carbocycles. The number of carbonyl (C=O) groups is 1. The number of aliphatic carboxylic acids is 1. The topological polar surface area (TPSA) is 40.5 Å². The summed E-state index contributed by atoms with van der Waals surface area (Å²) in [4.78, 5) is 13.5. The summed E-state index contributed by atoms with van der Waals surface area (Å²) in [6, 6.07) is 0.443. The van der Waals surface area contributed by atoms with Crippen molar-refractivity contribution in [2.24, 2.45) is 5.92 Å². The van der Waals surface area contributed by atoms with E-state index in [1.807, 2.05) is 20.9 Å². The summed E-state index contributed by atoms with van der Waals surface area (Å²) in [7, 11) is 1.98. The molecule has 1 aliphatic rings. The molecule has 1 fully saturated rings. The SMILES string of the molecule is CCC1CCC(N(C)C(C)(CC)C(=O)O)CC1. The fourth-order valence-electron chi connectivity index (χ4n) is 2.89. The van der Waals surface area contributed by atoms with Gasteiger partial charge in [-0.2, -0.15) is 0 Å². The molecule has 0 aliphatic heterocycles. The summed E-state index contributed by atoms with van der Waals surface area (Å²) in [5.74, 6) is 0.164. The van der Waals surface area contributed by atoms with Crippen LogP contribution in [0.5, 0.6) is 0 Å². The maximum absolute atomic E-state index is 11.4. The van der Waals surface area contributed by atoms with Gasteiger partial charge < -0.3 is 5.11 Å². The number of rotatable bonds is 5. The average molecular weight is 241 g/mol. The number of hydrogen-bond donors (Lipinski definition) is 1. The van der Waals surface area contributed by atoms with Gasteiger partial charge >= 0.3 is 5.97 Å². The highest BCUT2D eigenvalue weighted by atomic mass is 16.4. The van der Waals surface area contributed by atoms with E-state index in [-0.39, 0.29) is 0 Å². The Labute approximate surface area is 105 Å². The largest absolute Gasteiger partial charge is 0.480 e. The van der Waals surface area contributed by atoms with Crippen LogP contribution in [-0.2, 0) is 4.79 Å². The summed E-state index contributed by atoms with van der Waals surface area (Å²) in [6.07, 6.45) is 6.73. The lowest BCUT2D eigenvalue weighted by molar-refractivity contribution is -0.152. The van der Waals surface area contributed by atoms with E-state index in [1.54, 1.807) is 0 Å². The van der Waals surface area contributed by atoms with Crippen LogP contribution in [0.2, 0.25) is 0 Å². The van der Waals surface area contributed by atoms with Gasteiger partial charge in [-0.05, 0) is 52.0 Å². The molecule has 3 nitrogen and oxygen atoms in total. The second kappa shape index (κ2) is 5.85. The molecule has 100 valence electrons. The molecule has 0 aromatic carbocycles. The van der Waals surface area contributed by atoms with E-state index < -0.39 is 11.5 Å². The number of carboxylic acid groups (broad SMARTS) is 1. The predicted molar refractivity (Wildman–Crippen MR) is 70.1 cm³/mol. The highest BCUT2D eigenvalue weighted by molar-refractivity contribution is 5.78. The van der Waals surface area contributed by atoms with Crippen molar-refractivity contribution in [3.8, 4) is 0 Å². The molecule has 0 aromatic rings. The molecule has 0 spiro atoms. The lowest BCUT2D eigenvalue weighted by Crippen LogP contribution is -2.55. The van der Waals surface area contributed by atoms with Gasteiger partial charge in [0.05, 0.1) is 0 Å². The Morgan fingerprint density at radius 2 is 1.82 bits per heavy atom. The Morgan fingerprint density at radius 3 is 2.18 bits per heavy atom. The van der Waals surface area contributed by atoms with Gasteiger partial charge in [-0.3, -0.25) is 9.69 Å². The van der Waals surface area contributed by atoms with Gasteiger partial charge in [0, 0.05) is 6.04 Å². The molecule has 0 radical (unpaired) electrons. The molecule has 1 rings (SSSR count). The quantitative estimate of drug-likeness (QED) is 0.804. The van der Waals surface area contributed by atoms with Crippen LogP contribution in [0, 0.1) is 5.92 Å². The third-order valence-electron chi connectivity index (χ3n) is 4.87. The maximum atomic E-state index is 11.4. The zero-order chi connectivity index (χ0) is 13.1. The van der Waals surface area contributed by atoms with Crippen molar-refractivity contribution < 1.29 is 9.90 Å². The summed E-state index contributed by atoms with van der Waals surface area (Å²) in [6.45, 7) is 6.06. The summed E-state index contributed by atoms with van der Waals surface area (Å²) in [5.41, 5.74) is -0.705.